The van der Waals surface area contributed by atoms with Crippen LogP contribution < -0.4 is 19.9 Å². The van der Waals surface area contributed by atoms with Crippen LogP contribution in [0.15, 0.2) is 12.1 Å². The largest absolute Gasteiger partial charge is 0.497 e. The molecule has 4 heteroatoms. The lowest BCUT2D eigenvalue weighted by Gasteiger charge is -2.41. The van der Waals surface area contributed by atoms with Gasteiger partial charge in [0.25, 0.3) is 0 Å². The molecule has 0 spiro atoms. The zero-order valence-corrected chi connectivity index (χ0v) is 9.99. The SMILES string of the molecule is COc1cc2c(c(C3(CN)CCC3)c1)OCO2. The molecule has 1 saturated carbocycles. The molecule has 0 amide bonds. The van der Waals surface area contributed by atoms with Crippen LogP contribution in [-0.2, 0) is 5.41 Å². The molecule has 1 fully saturated rings. The third-order valence-corrected chi connectivity index (χ3v) is 3.95. The molecule has 1 aromatic carbocycles. The first-order valence-electron chi connectivity index (χ1n) is 5.97. The van der Waals surface area contributed by atoms with Crippen LogP contribution in [-0.4, -0.2) is 20.4 Å². The summed E-state index contributed by atoms with van der Waals surface area (Å²) in [7, 11) is 1.66. The number of benzene rings is 1. The maximum absolute atomic E-state index is 5.95. The quantitative estimate of drug-likeness (QED) is 0.868. The van der Waals surface area contributed by atoms with Gasteiger partial charge in [-0.05, 0) is 18.9 Å². The Balaban J connectivity index is 2.11. The number of hydrogen-bond acceptors (Lipinski definition) is 4. The van der Waals surface area contributed by atoms with Gasteiger partial charge in [-0.3, -0.25) is 0 Å². The molecule has 0 aromatic heterocycles. The minimum Gasteiger partial charge on any atom is -0.497 e. The van der Waals surface area contributed by atoms with E-state index in [1.165, 1.54) is 6.42 Å². The second-order valence-corrected chi connectivity index (χ2v) is 4.75. The van der Waals surface area contributed by atoms with Crippen LogP contribution in [0, 0.1) is 0 Å². The maximum Gasteiger partial charge on any atom is 0.231 e. The van der Waals surface area contributed by atoms with Crippen molar-refractivity contribution < 1.29 is 14.2 Å². The average molecular weight is 235 g/mol. The molecule has 1 aromatic rings. The molecule has 1 aliphatic carbocycles. The fourth-order valence-electron chi connectivity index (χ4n) is 2.68. The molecule has 0 saturated heterocycles. The van der Waals surface area contributed by atoms with Gasteiger partial charge in [0.05, 0.1) is 7.11 Å². The molecule has 1 heterocycles. The third-order valence-electron chi connectivity index (χ3n) is 3.95. The van der Waals surface area contributed by atoms with E-state index in [-0.39, 0.29) is 12.2 Å². The van der Waals surface area contributed by atoms with Crippen LogP contribution in [0.25, 0.3) is 0 Å². The summed E-state index contributed by atoms with van der Waals surface area (Å²) in [5.74, 6) is 2.44. The molecule has 3 rings (SSSR count). The maximum atomic E-state index is 5.95. The zero-order valence-electron chi connectivity index (χ0n) is 9.99. The minimum atomic E-state index is 0.0618. The summed E-state index contributed by atoms with van der Waals surface area (Å²) in [6.07, 6.45) is 3.46. The van der Waals surface area contributed by atoms with Gasteiger partial charge in [0.2, 0.25) is 6.79 Å². The minimum absolute atomic E-state index is 0.0618. The fourth-order valence-corrected chi connectivity index (χ4v) is 2.68. The van der Waals surface area contributed by atoms with Crippen molar-refractivity contribution in [2.24, 2.45) is 5.73 Å². The van der Waals surface area contributed by atoms with Crippen molar-refractivity contribution in [3.8, 4) is 17.2 Å². The van der Waals surface area contributed by atoms with Crippen LogP contribution in [0.4, 0.5) is 0 Å². The Morgan fingerprint density at radius 2 is 2.18 bits per heavy atom. The standard InChI is InChI=1S/C13H17NO3/c1-15-9-5-10(13(7-14)3-2-4-13)12-11(6-9)16-8-17-12/h5-6H,2-4,7-8,14H2,1H3. The van der Waals surface area contributed by atoms with Crippen molar-refractivity contribution in [2.45, 2.75) is 24.7 Å². The van der Waals surface area contributed by atoms with Gasteiger partial charge < -0.3 is 19.9 Å². The van der Waals surface area contributed by atoms with Gasteiger partial charge in [-0.2, -0.15) is 0 Å². The van der Waals surface area contributed by atoms with E-state index in [9.17, 15) is 0 Å². The summed E-state index contributed by atoms with van der Waals surface area (Å²) in [5, 5.41) is 0. The molecular formula is C13H17NO3. The summed E-state index contributed by atoms with van der Waals surface area (Å²) in [6.45, 7) is 0.937. The zero-order chi connectivity index (χ0) is 11.9. The Kier molecular flexibility index (Phi) is 2.40. The summed E-state index contributed by atoms with van der Waals surface area (Å²) >= 11 is 0. The molecule has 4 nitrogen and oxygen atoms in total. The van der Waals surface area contributed by atoms with Crippen molar-refractivity contribution in [1.29, 1.82) is 0 Å². The van der Waals surface area contributed by atoms with Gasteiger partial charge in [0, 0.05) is 23.6 Å². The molecule has 17 heavy (non-hydrogen) atoms. The predicted molar refractivity (Wildman–Crippen MR) is 63.7 cm³/mol. The van der Waals surface area contributed by atoms with Gasteiger partial charge in [-0.15, -0.1) is 0 Å². The first kappa shape index (κ1) is 10.7. The van der Waals surface area contributed by atoms with Crippen LogP contribution in [0.5, 0.6) is 17.2 Å². The Morgan fingerprint density at radius 1 is 1.35 bits per heavy atom. The Bertz CT molecular complexity index is 435. The Labute approximate surface area is 101 Å². The first-order chi connectivity index (χ1) is 8.29. The highest BCUT2D eigenvalue weighted by atomic mass is 16.7. The lowest BCUT2D eigenvalue weighted by Crippen LogP contribution is -2.41. The fraction of sp³-hybridized carbons (Fsp3) is 0.538. The number of rotatable bonds is 3. The van der Waals surface area contributed by atoms with Crippen molar-refractivity contribution >= 4 is 0 Å². The van der Waals surface area contributed by atoms with E-state index < -0.39 is 0 Å². The van der Waals surface area contributed by atoms with Crippen LogP contribution in [0.2, 0.25) is 0 Å². The summed E-state index contributed by atoms with van der Waals surface area (Å²) in [5.41, 5.74) is 7.16. The Hall–Kier alpha value is -1.42. The smallest absolute Gasteiger partial charge is 0.231 e. The van der Waals surface area contributed by atoms with Crippen LogP contribution in [0.3, 0.4) is 0 Å². The average Bonchev–Trinajstić information content (AvgIpc) is 2.76. The summed E-state index contributed by atoms with van der Waals surface area (Å²) < 4.78 is 16.3. The monoisotopic (exact) mass is 235 g/mol. The molecular weight excluding hydrogens is 218 g/mol. The van der Waals surface area contributed by atoms with Gasteiger partial charge in [0.1, 0.15) is 5.75 Å². The van der Waals surface area contributed by atoms with E-state index >= 15 is 0 Å². The number of ether oxygens (including phenoxy) is 3. The van der Waals surface area contributed by atoms with Crippen molar-refractivity contribution in [3.63, 3.8) is 0 Å². The highest BCUT2D eigenvalue weighted by Crippen LogP contribution is 2.51. The lowest BCUT2D eigenvalue weighted by atomic mass is 9.64. The first-order valence-corrected chi connectivity index (χ1v) is 5.97. The van der Waals surface area contributed by atoms with Gasteiger partial charge in [0.15, 0.2) is 11.5 Å². The third kappa shape index (κ3) is 1.47. The lowest BCUT2D eigenvalue weighted by molar-refractivity contribution is 0.168. The van der Waals surface area contributed by atoms with E-state index in [1.807, 2.05) is 12.1 Å². The van der Waals surface area contributed by atoms with E-state index in [1.54, 1.807) is 7.11 Å². The molecule has 2 N–H and O–H groups in total. The second-order valence-electron chi connectivity index (χ2n) is 4.75. The normalized spacial score (nSPS) is 19.9. The highest BCUT2D eigenvalue weighted by molar-refractivity contribution is 5.56. The summed E-state index contributed by atoms with van der Waals surface area (Å²) in [4.78, 5) is 0. The van der Waals surface area contributed by atoms with Gasteiger partial charge in [-0.25, -0.2) is 0 Å². The van der Waals surface area contributed by atoms with Crippen molar-refractivity contribution in [3.05, 3.63) is 17.7 Å². The predicted octanol–water partition coefficient (Wildman–Crippen LogP) is 1.80. The molecule has 2 aliphatic rings. The van der Waals surface area contributed by atoms with E-state index in [2.05, 4.69) is 0 Å². The molecule has 92 valence electrons. The molecule has 0 radical (unpaired) electrons. The van der Waals surface area contributed by atoms with Crippen molar-refractivity contribution in [1.82, 2.24) is 0 Å². The highest BCUT2D eigenvalue weighted by Gasteiger charge is 2.41. The number of methoxy groups -OCH3 is 1. The number of hydrogen-bond donors (Lipinski definition) is 1. The molecule has 1 aliphatic heterocycles. The Morgan fingerprint density at radius 3 is 2.76 bits per heavy atom. The van der Waals surface area contributed by atoms with E-state index in [0.29, 0.717) is 6.54 Å². The second kappa shape index (κ2) is 3.81. The number of fused-ring (bicyclic) bond motifs is 1. The molecule has 0 bridgehead atoms. The molecule has 0 atom stereocenters. The summed E-state index contributed by atoms with van der Waals surface area (Å²) in [6, 6.07) is 3.91. The number of nitrogens with two attached hydrogens (primary N) is 1. The van der Waals surface area contributed by atoms with E-state index in [0.717, 1.165) is 35.7 Å². The van der Waals surface area contributed by atoms with Gasteiger partial charge >= 0.3 is 0 Å². The van der Waals surface area contributed by atoms with Crippen molar-refractivity contribution in [2.75, 3.05) is 20.4 Å². The van der Waals surface area contributed by atoms with E-state index in [4.69, 9.17) is 19.9 Å². The van der Waals surface area contributed by atoms with Gasteiger partial charge in [-0.1, -0.05) is 6.42 Å². The van der Waals surface area contributed by atoms with Crippen LogP contribution >= 0.6 is 0 Å². The molecule has 0 unspecified atom stereocenters. The topological polar surface area (TPSA) is 53.7 Å². The van der Waals surface area contributed by atoms with Crippen LogP contribution in [0.1, 0.15) is 24.8 Å².